The van der Waals surface area contributed by atoms with Crippen molar-refractivity contribution >= 4 is 29.1 Å². The molecule has 3 aromatic rings. The number of carbonyl (C=O) groups is 2. The number of Topliss-reactive ketones (excluding diaryl/α,β-unsaturated/α-hetero) is 1. The Bertz CT molecular complexity index is 1020. The molecule has 29 heavy (non-hydrogen) atoms. The summed E-state index contributed by atoms with van der Waals surface area (Å²) in [5, 5.41) is 14.7. The molecular formula is C20H21N5O3S. The third-order valence-corrected chi connectivity index (χ3v) is 5.06. The van der Waals surface area contributed by atoms with Crippen molar-refractivity contribution in [2.75, 3.05) is 11.9 Å². The summed E-state index contributed by atoms with van der Waals surface area (Å²) in [6.45, 7) is 5.67. The van der Waals surface area contributed by atoms with Crippen LogP contribution >= 0.6 is 11.8 Å². The van der Waals surface area contributed by atoms with Crippen LogP contribution < -0.4 is 10.1 Å². The zero-order valence-electron chi connectivity index (χ0n) is 16.3. The molecule has 150 valence electrons. The molecule has 1 N–H and O–H groups in total. The number of para-hydroxylation sites is 2. The van der Waals surface area contributed by atoms with Crippen LogP contribution in [0.25, 0.3) is 5.69 Å². The van der Waals surface area contributed by atoms with E-state index >= 15 is 0 Å². The maximum absolute atomic E-state index is 12.6. The van der Waals surface area contributed by atoms with E-state index in [1.165, 1.54) is 18.7 Å². The number of hydrogen-bond acceptors (Lipinski definition) is 7. The summed E-state index contributed by atoms with van der Waals surface area (Å²) < 4.78 is 7.20. The van der Waals surface area contributed by atoms with Crippen LogP contribution in [0.1, 0.15) is 31.1 Å². The third kappa shape index (κ3) is 5.00. The number of thioether (sulfide) groups is 1. The zero-order chi connectivity index (χ0) is 20.8. The van der Waals surface area contributed by atoms with Gasteiger partial charge >= 0.3 is 0 Å². The van der Waals surface area contributed by atoms with Gasteiger partial charge in [-0.1, -0.05) is 36.0 Å². The predicted molar refractivity (Wildman–Crippen MR) is 111 cm³/mol. The van der Waals surface area contributed by atoms with Crippen LogP contribution in [0.15, 0.2) is 53.7 Å². The average Bonchev–Trinajstić information content (AvgIpc) is 3.16. The zero-order valence-corrected chi connectivity index (χ0v) is 17.1. The molecule has 1 amide bonds. The van der Waals surface area contributed by atoms with Crippen molar-refractivity contribution in [1.29, 1.82) is 0 Å². The van der Waals surface area contributed by atoms with Crippen molar-refractivity contribution in [2.45, 2.75) is 31.2 Å². The minimum atomic E-state index is -0.472. The highest BCUT2D eigenvalue weighted by atomic mass is 32.2. The van der Waals surface area contributed by atoms with E-state index in [-0.39, 0.29) is 11.7 Å². The Morgan fingerprint density at radius 3 is 2.76 bits per heavy atom. The minimum absolute atomic E-state index is 0.0596. The number of ether oxygens (including phenoxy) is 1. The summed E-state index contributed by atoms with van der Waals surface area (Å²) in [5.74, 6) is 0.376. The van der Waals surface area contributed by atoms with Gasteiger partial charge in [0.05, 0.1) is 11.9 Å². The van der Waals surface area contributed by atoms with Gasteiger partial charge in [-0.15, -0.1) is 5.10 Å². The molecule has 0 bridgehead atoms. The molecule has 0 spiro atoms. The second kappa shape index (κ2) is 9.33. The number of hydrogen-bond donors (Lipinski definition) is 1. The highest BCUT2D eigenvalue weighted by Crippen LogP contribution is 2.28. The molecule has 9 heteroatoms. The summed E-state index contributed by atoms with van der Waals surface area (Å²) in [6.07, 6.45) is 0. The number of rotatable bonds is 8. The van der Waals surface area contributed by atoms with E-state index < -0.39 is 5.25 Å². The topological polar surface area (TPSA) is 99.0 Å². The monoisotopic (exact) mass is 411 g/mol. The third-order valence-electron chi connectivity index (χ3n) is 4.02. The molecule has 1 atom stereocenters. The van der Waals surface area contributed by atoms with Gasteiger partial charge in [-0.2, -0.15) is 4.68 Å². The first kappa shape index (κ1) is 20.5. The van der Waals surface area contributed by atoms with Crippen molar-refractivity contribution in [2.24, 2.45) is 0 Å². The van der Waals surface area contributed by atoms with Crippen LogP contribution in [0.4, 0.5) is 5.69 Å². The van der Waals surface area contributed by atoms with E-state index in [1.54, 1.807) is 35.9 Å². The largest absolute Gasteiger partial charge is 0.492 e. The maximum Gasteiger partial charge on any atom is 0.237 e. The molecule has 0 saturated heterocycles. The van der Waals surface area contributed by atoms with E-state index in [4.69, 9.17) is 4.74 Å². The molecule has 0 saturated carbocycles. The van der Waals surface area contributed by atoms with Gasteiger partial charge in [0.25, 0.3) is 0 Å². The van der Waals surface area contributed by atoms with Gasteiger partial charge in [-0.3, -0.25) is 9.59 Å². The molecule has 3 rings (SSSR count). The van der Waals surface area contributed by atoms with Crippen molar-refractivity contribution < 1.29 is 14.3 Å². The number of amides is 1. The van der Waals surface area contributed by atoms with Gasteiger partial charge in [-0.05, 0) is 55.5 Å². The summed E-state index contributed by atoms with van der Waals surface area (Å²) in [7, 11) is 0. The lowest BCUT2D eigenvalue weighted by molar-refractivity contribution is -0.115. The number of aromatic nitrogens is 4. The molecule has 1 heterocycles. The average molecular weight is 411 g/mol. The van der Waals surface area contributed by atoms with Crippen LogP contribution in [0.2, 0.25) is 0 Å². The van der Waals surface area contributed by atoms with Gasteiger partial charge in [0, 0.05) is 11.3 Å². The highest BCUT2D eigenvalue weighted by molar-refractivity contribution is 8.00. The fourth-order valence-corrected chi connectivity index (χ4v) is 3.39. The summed E-state index contributed by atoms with van der Waals surface area (Å²) in [4.78, 5) is 24.1. The van der Waals surface area contributed by atoms with Gasteiger partial charge in [0.15, 0.2) is 5.78 Å². The van der Waals surface area contributed by atoms with E-state index in [0.29, 0.717) is 34.5 Å². The molecule has 1 aromatic heterocycles. The van der Waals surface area contributed by atoms with Crippen molar-refractivity contribution in [1.82, 2.24) is 20.2 Å². The predicted octanol–water partition coefficient (Wildman–Crippen LogP) is 3.38. The Balaban J connectivity index is 1.75. The Kier molecular flexibility index (Phi) is 6.61. The smallest absolute Gasteiger partial charge is 0.237 e. The Morgan fingerprint density at radius 2 is 2.00 bits per heavy atom. The van der Waals surface area contributed by atoms with Gasteiger partial charge in [-0.25, -0.2) is 0 Å². The molecule has 0 unspecified atom stereocenters. The number of ketones is 1. The number of tetrazole rings is 1. The summed E-state index contributed by atoms with van der Waals surface area (Å²) in [6, 6.07) is 14.3. The summed E-state index contributed by atoms with van der Waals surface area (Å²) >= 11 is 1.23. The SMILES string of the molecule is CCOc1ccccc1-n1nnnc1S[C@@H](C)C(=O)Nc1cccc(C(C)=O)c1. The van der Waals surface area contributed by atoms with Crippen LogP contribution in [0, 0.1) is 0 Å². The normalized spacial score (nSPS) is 11.7. The standard InChI is InChI=1S/C20H21N5O3S/c1-4-28-18-11-6-5-10-17(18)25-20(22-23-24-25)29-14(3)19(27)21-16-9-7-8-15(12-16)13(2)26/h5-12,14H,4H2,1-3H3,(H,21,27)/t14-/m0/s1. The Hall–Kier alpha value is -3.20. The fourth-order valence-electron chi connectivity index (χ4n) is 2.58. The van der Waals surface area contributed by atoms with Crippen molar-refractivity contribution in [3.8, 4) is 11.4 Å². The van der Waals surface area contributed by atoms with Crippen LogP contribution in [-0.4, -0.2) is 43.8 Å². The van der Waals surface area contributed by atoms with E-state index in [2.05, 4.69) is 20.8 Å². The fraction of sp³-hybridized carbons (Fsp3) is 0.250. The van der Waals surface area contributed by atoms with Crippen molar-refractivity contribution in [3.05, 3.63) is 54.1 Å². The molecule has 8 nitrogen and oxygen atoms in total. The Morgan fingerprint density at radius 1 is 1.21 bits per heavy atom. The van der Waals surface area contributed by atoms with Crippen molar-refractivity contribution in [3.63, 3.8) is 0 Å². The van der Waals surface area contributed by atoms with Crippen LogP contribution in [-0.2, 0) is 4.79 Å². The number of carbonyl (C=O) groups excluding carboxylic acids is 2. The van der Waals surface area contributed by atoms with E-state index in [1.807, 2.05) is 31.2 Å². The molecule has 0 radical (unpaired) electrons. The molecule has 0 aliphatic heterocycles. The molecule has 0 fully saturated rings. The molecular weight excluding hydrogens is 390 g/mol. The molecule has 2 aromatic carbocycles. The van der Waals surface area contributed by atoms with E-state index in [9.17, 15) is 9.59 Å². The number of nitrogens with one attached hydrogen (secondary N) is 1. The molecule has 0 aliphatic carbocycles. The first-order chi connectivity index (χ1) is 14.0. The lowest BCUT2D eigenvalue weighted by atomic mass is 10.1. The molecule has 0 aliphatic rings. The van der Waals surface area contributed by atoms with Gasteiger partial charge < -0.3 is 10.1 Å². The number of anilines is 1. The van der Waals surface area contributed by atoms with E-state index in [0.717, 1.165) is 0 Å². The number of nitrogens with zero attached hydrogens (tertiary/aromatic N) is 4. The van der Waals surface area contributed by atoms with Gasteiger partial charge in [0.1, 0.15) is 11.4 Å². The first-order valence-electron chi connectivity index (χ1n) is 9.08. The van der Waals surface area contributed by atoms with Crippen LogP contribution in [0.5, 0.6) is 5.75 Å². The second-order valence-corrected chi connectivity index (χ2v) is 7.47. The van der Waals surface area contributed by atoms with Gasteiger partial charge in [0.2, 0.25) is 11.1 Å². The maximum atomic E-state index is 12.6. The minimum Gasteiger partial charge on any atom is -0.492 e. The Labute approximate surface area is 172 Å². The number of benzene rings is 2. The highest BCUT2D eigenvalue weighted by Gasteiger charge is 2.21. The quantitative estimate of drug-likeness (QED) is 0.448. The second-order valence-electron chi connectivity index (χ2n) is 6.16. The lowest BCUT2D eigenvalue weighted by Gasteiger charge is -2.13. The summed E-state index contributed by atoms with van der Waals surface area (Å²) in [5.41, 5.74) is 1.81. The lowest BCUT2D eigenvalue weighted by Crippen LogP contribution is -2.23. The first-order valence-corrected chi connectivity index (χ1v) is 9.96. The van der Waals surface area contributed by atoms with Crippen LogP contribution in [0.3, 0.4) is 0 Å².